The van der Waals surface area contributed by atoms with Crippen LogP contribution in [0.4, 0.5) is 10.1 Å². The number of pyridine rings is 1. The molecule has 1 fully saturated rings. The van der Waals surface area contributed by atoms with E-state index in [1.54, 1.807) is 28.8 Å². The number of anilines is 1. The highest BCUT2D eigenvalue weighted by Gasteiger charge is 2.27. The first kappa shape index (κ1) is 23.3. The monoisotopic (exact) mass is 490 g/mol. The second kappa shape index (κ2) is 9.30. The molecule has 5 rings (SSSR count). The van der Waals surface area contributed by atoms with Crippen LogP contribution in [-0.2, 0) is 16.4 Å². The fraction of sp³-hybridized carbons (Fsp3) is 0.250. The van der Waals surface area contributed by atoms with Crippen molar-refractivity contribution in [3.63, 3.8) is 0 Å². The Balaban J connectivity index is 1.76. The lowest BCUT2D eigenvalue weighted by Gasteiger charge is -2.35. The van der Waals surface area contributed by atoms with Gasteiger partial charge in [0.05, 0.1) is 21.5 Å². The van der Waals surface area contributed by atoms with Gasteiger partial charge >= 0.3 is 0 Å². The van der Waals surface area contributed by atoms with Gasteiger partial charge in [-0.25, -0.2) is 12.8 Å². The second-order valence-electron chi connectivity index (χ2n) is 9.11. The summed E-state index contributed by atoms with van der Waals surface area (Å²) in [6, 6.07) is 20.5. The van der Waals surface area contributed by atoms with Crippen LogP contribution in [0.1, 0.15) is 31.7 Å². The predicted octanol–water partition coefficient (Wildman–Crippen LogP) is 5.40. The summed E-state index contributed by atoms with van der Waals surface area (Å²) >= 11 is 0. The van der Waals surface area contributed by atoms with Crippen molar-refractivity contribution in [2.24, 2.45) is 0 Å². The van der Waals surface area contributed by atoms with Crippen molar-refractivity contribution in [1.29, 1.82) is 0 Å². The van der Waals surface area contributed by atoms with Crippen LogP contribution >= 0.6 is 0 Å². The molecule has 1 saturated heterocycles. The molecule has 1 atom stereocenters. The third-order valence-electron chi connectivity index (χ3n) is 6.77. The van der Waals surface area contributed by atoms with Gasteiger partial charge in [0.15, 0.2) is 0 Å². The van der Waals surface area contributed by atoms with Crippen molar-refractivity contribution in [2.75, 3.05) is 11.4 Å². The summed E-state index contributed by atoms with van der Waals surface area (Å²) in [6.45, 7) is 3.16. The van der Waals surface area contributed by atoms with Gasteiger partial charge in [-0.05, 0) is 56.0 Å². The van der Waals surface area contributed by atoms with Gasteiger partial charge in [-0.15, -0.1) is 0 Å². The molecule has 0 radical (unpaired) electrons. The number of hydrogen-bond acceptors (Lipinski definition) is 4. The molecule has 0 saturated carbocycles. The van der Waals surface area contributed by atoms with E-state index < -0.39 is 21.1 Å². The number of benzene rings is 3. The molecule has 0 N–H and O–H groups in total. The number of sulfone groups is 1. The zero-order valence-corrected chi connectivity index (χ0v) is 20.3. The topological polar surface area (TPSA) is 59.4 Å². The summed E-state index contributed by atoms with van der Waals surface area (Å²) in [5, 5.41) is 0.0591. The van der Waals surface area contributed by atoms with E-state index in [0.29, 0.717) is 17.7 Å². The molecule has 0 aliphatic carbocycles. The number of aromatic nitrogens is 1. The summed E-state index contributed by atoms with van der Waals surface area (Å²) < 4.78 is 44.0. The van der Waals surface area contributed by atoms with Crippen molar-refractivity contribution < 1.29 is 12.8 Å². The molecule has 5 nitrogen and oxygen atoms in total. The maximum atomic E-state index is 15.4. The number of piperidine rings is 1. The lowest BCUT2D eigenvalue weighted by molar-refractivity contribution is 0.476. The fourth-order valence-electron chi connectivity index (χ4n) is 4.88. The second-order valence-corrected chi connectivity index (χ2v) is 11.0. The van der Waals surface area contributed by atoms with Gasteiger partial charge in [0.1, 0.15) is 10.7 Å². The highest BCUT2D eigenvalue weighted by atomic mass is 32.2. The molecule has 1 aliphatic rings. The van der Waals surface area contributed by atoms with E-state index in [-0.39, 0.29) is 21.2 Å². The molecule has 0 unspecified atom stereocenters. The molecule has 35 heavy (non-hydrogen) atoms. The maximum absolute atomic E-state index is 15.4. The summed E-state index contributed by atoms with van der Waals surface area (Å²) in [5.74, 6) is -0.510. The quantitative estimate of drug-likeness (QED) is 0.376. The smallest absolute Gasteiger partial charge is 0.211 e. The molecule has 1 aromatic heterocycles. The Morgan fingerprint density at radius 3 is 2.34 bits per heavy atom. The summed E-state index contributed by atoms with van der Waals surface area (Å²) in [5.41, 5.74) is 1.22. The van der Waals surface area contributed by atoms with Crippen molar-refractivity contribution in [1.82, 2.24) is 4.57 Å². The van der Waals surface area contributed by atoms with Crippen LogP contribution in [0.5, 0.6) is 0 Å². The zero-order valence-electron chi connectivity index (χ0n) is 19.5. The van der Waals surface area contributed by atoms with E-state index in [0.717, 1.165) is 31.4 Å². The summed E-state index contributed by atoms with van der Waals surface area (Å²) in [6.07, 6.45) is 4.46. The van der Waals surface area contributed by atoms with Gasteiger partial charge in [-0.1, -0.05) is 48.5 Å². The average Bonchev–Trinajstić information content (AvgIpc) is 2.87. The number of hydrogen-bond donors (Lipinski definition) is 0. The Hall–Kier alpha value is -3.45. The SMILES string of the molecule is C[C@H]1CCCCN1c1cc2c(cc1F)c(=O)c(S(=O)(=O)c1ccccc1)cn2Cc1ccccc1. The maximum Gasteiger partial charge on any atom is 0.211 e. The Kier molecular flexibility index (Phi) is 6.19. The highest BCUT2D eigenvalue weighted by molar-refractivity contribution is 7.91. The predicted molar refractivity (Wildman–Crippen MR) is 136 cm³/mol. The van der Waals surface area contributed by atoms with Crippen LogP contribution < -0.4 is 10.3 Å². The average molecular weight is 491 g/mol. The lowest BCUT2D eigenvalue weighted by Crippen LogP contribution is -2.38. The molecule has 180 valence electrons. The van der Waals surface area contributed by atoms with Crippen LogP contribution in [0.15, 0.2) is 93.6 Å². The third-order valence-corrected chi connectivity index (χ3v) is 8.53. The van der Waals surface area contributed by atoms with E-state index in [9.17, 15) is 13.2 Å². The van der Waals surface area contributed by atoms with Gasteiger partial charge in [-0.2, -0.15) is 0 Å². The Morgan fingerprint density at radius 2 is 1.66 bits per heavy atom. The molecular weight excluding hydrogens is 463 g/mol. The molecule has 2 heterocycles. The van der Waals surface area contributed by atoms with Gasteiger partial charge in [-0.3, -0.25) is 4.79 Å². The fourth-order valence-corrected chi connectivity index (χ4v) is 6.27. The first-order chi connectivity index (χ1) is 16.9. The van der Waals surface area contributed by atoms with E-state index in [2.05, 4.69) is 6.92 Å². The van der Waals surface area contributed by atoms with Gasteiger partial charge < -0.3 is 9.47 Å². The van der Waals surface area contributed by atoms with Crippen LogP contribution in [0.25, 0.3) is 10.9 Å². The molecule has 4 aromatic rings. The molecule has 7 heteroatoms. The third kappa shape index (κ3) is 4.36. The number of halogens is 1. The van der Waals surface area contributed by atoms with Crippen LogP contribution in [0.3, 0.4) is 0 Å². The van der Waals surface area contributed by atoms with E-state index in [1.807, 2.05) is 35.2 Å². The molecule has 1 aliphatic heterocycles. The van der Waals surface area contributed by atoms with E-state index in [1.165, 1.54) is 24.4 Å². The van der Waals surface area contributed by atoms with Gasteiger partial charge in [0, 0.05) is 25.3 Å². The van der Waals surface area contributed by atoms with Gasteiger partial charge in [0.25, 0.3) is 0 Å². The molecule has 0 spiro atoms. The van der Waals surface area contributed by atoms with Crippen molar-refractivity contribution in [2.45, 2.75) is 48.6 Å². The number of fused-ring (bicyclic) bond motifs is 1. The molecule has 0 bridgehead atoms. The minimum Gasteiger partial charge on any atom is -0.366 e. The normalized spacial score (nSPS) is 16.5. The molecule has 3 aromatic carbocycles. The summed E-state index contributed by atoms with van der Waals surface area (Å²) in [4.78, 5) is 15.2. The number of rotatable bonds is 5. The van der Waals surface area contributed by atoms with Crippen molar-refractivity contribution in [3.8, 4) is 0 Å². The van der Waals surface area contributed by atoms with Crippen molar-refractivity contribution >= 4 is 26.4 Å². The Morgan fingerprint density at radius 1 is 0.971 bits per heavy atom. The van der Waals surface area contributed by atoms with Crippen LogP contribution in [0.2, 0.25) is 0 Å². The summed E-state index contributed by atoms with van der Waals surface area (Å²) in [7, 11) is -4.09. The Labute approximate surface area is 204 Å². The minimum absolute atomic E-state index is 0.0296. The first-order valence-corrected chi connectivity index (χ1v) is 13.3. The number of nitrogens with zero attached hydrogens (tertiary/aromatic N) is 2. The van der Waals surface area contributed by atoms with E-state index >= 15 is 4.39 Å². The lowest BCUT2D eigenvalue weighted by atomic mass is 10.0. The van der Waals surface area contributed by atoms with E-state index in [4.69, 9.17) is 0 Å². The molecule has 0 amide bonds. The van der Waals surface area contributed by atoms with Crippen molar-refractivity contribution in [3.05, 3.63) is 101 Å². The van der Waals surface area contributed by atoms with Crippen LogP contribution in [-0.4, -0.2) is 25.6 Å². The largest absolute Gasteiger partial charge is 0.366 e. The van der Waals surface area contributed by atoms with Gasteiger partial charge in [0.2, 0.25) is 15.3 Å². The highest BCUT2D eigenvalue weighted by Crippen LogP contribution is 2.31. The Bertz CT molecular complexity index is 1530. The zero-order chi connectivity index (χ0) is 24.6. The molecular formula is C28H27FN2O3S. The minimum atomic E-state index is -4.09. The van der Waals surface area contributed by atoms with Crippen LogP contribution in [0, 0.1) is 5.82 Å². The first-order valence-electron chi connectivity index (χ1n) is 11.8. The standard InChI is InChI=1S/C28H27FN2O3S/c1-20-10-8-9-15-31(20)26-17-25-23(16-24(26)29)28(32)27(35(33,34)22-13-6-3-7-14-22)19-30(25)18-21-11-4-2-5-12-21/h2-7,11-14,16-17,19-20H,8-10,15,18H2,1H3/t20-/m0/s1.